The van der Waals surface area contributed by atoms with Crippen molar-refractivity contribution in [2.75, 3.05) is 17.2 Å². The Balaban J connectivity index is 0.491. The Hall–Kier alpha value is -15.4. The maximum atomic E-state index is 5.67. The van der Waals surface area contributed by atoms with Gasteiger partial charge >= 0.3 is 0 Å². The quantitative estimate of drug-likeness (QED) is 0.0893. The summed E-state index contributed by atoms with van der Waals surface area (Å²) in [6, 6.07) is 127. The fourth-order valence-electron chi connectivity index (χ4n) is 20.8. The average molecular weight is 1600 g/mol. The molecule has 124 heavy (non-hydrogen) atoms. The van der Waals surface area contributed by atoms with Crippen LogP contribution in [0.5, 0.6) is 0 Å². The van der Waals surface area contributed by atoms with E-state index in [4.69, 9.17) is 20.0 Å². The molecule has 16 aromatic carbocycles. The number of hydrogen-bond donors (Lipinski definition) is 2. The molecule has 12 nitrogen and oxygen atoms in total. The summed E-state index contributed by atoms with van der Waals surface area (Å²) >= 11 is 0. The van der Waals surface area contributed by atoms with Gasteiger partial charge in [0.1, 0.15) is 22.4 Å². The molecule has 12 heteroatoms. The number of hydrogen-bond acceptors (Lipinski definition) is 6. The van der Waals surface area contributed by atoms with Gasteiger partial charge in [-0.25, -0.2) is 4.98 Å². The molecule has 2 N–H and O–H groups in total. The zero-order valence-electron chi connectivity index (χ0n) is 68.6. The predicted molar refractivity (Wildman–Crippen MR) is 519 cm³/mol. The van der Waals surface area contributed by atoms with E-state index in [1.54, 1.807) is 0 Å². The number of para-hydroxylation sites is 9. The molecule has 0 aliphatic carbocycles. The highest BCUT2D eigenvalue weighted by atomic mass is 15.1. The smallest absolute Gasteiger partial charge is 0.119 e. The van der Waals surface area contributed by atoms with Crippen LogP contribution in [0.15, 0.2) is 362 Å². The van der Waals surface area contributed by atoms with Crippen LogP contribution < -0.4 is 10.6 Å². The average Bonchev–Trinajstić information content (AvgIpc) is 1.45. The van der Waals surface area contributed by atoms with Crippen molar-refractivity contribution in [2.45, 2.75) is 70.8 Å². The number of aryl methyl sites for hydroxylation is 4. The van der Waals surface area contributed by atoms with Gasteiger partial charge in [-0.2, -0.15) is 0 Å². The minimum Gasteiger partial charge on any atom is -0.376 e. The number of nitrogens with zero attached hydrogens (tertiary/aromatic N) is 10. The molecule has 1 atom stereocenters. The fraction of sp³-hybridized carbons (Fsp3) is 0.107. The molecular weight excluding hydrogens is 1510 g/mol. The van der Waals surface area contributed by atoms with E-state index in [9.17, 15) is 0 Å². The fourth-order valence-corrected chi connectivity index (χ4v) is 20.8. The number of fused-ring (bicyclic) bond motifs is 24. The lowest BCUT2D eigenvalue weighted by atomic mass is 9.99. The zero-order valence-corrected chi connectivity index (χ0v) is 68.6. The molecule has 0 bridgehead atoms. The highest BCUT2D eigenvalue weighted by molar-refractivity contribution is 6.19. The maximum Gasteiger partial charge on any atom is 0.119 e. The predicted octanol–water partition coefficient (Wildman–Crippen LogP) is 27.8. The van der Waals surface area contributed by atoms with Gasteiger partial charge in [-0.05, 0) is 227 Å². The molecule has 1 unspecified atom stereocenters. The van der Waals surface area contributed by atoms with Crippen molar-refractivity contribution in [3.63, 3.8) is 0 Å². The summed E-state index contributed by atoms with van der Waals surface area (Å²) in [7, 11) is 0. The summed E-state index contributed by atoms with van der Waals surface area (Å²) in [5.41, 5.74) is 33.5. The van der Waals surface area contributed by atoms with E-state index in [-0.39, 0.29) is 6.04 Å². The summed E-state index contributed by atoms with van der Waals surface area (Å²) in [6.45, 7) is 2.87. The molecular formula is C112H84N12. The molecule has 25 rings (SSSR count). The molecule has 0 saturated heterocycles. The van der Waals surface area contributed by atoms with Crippen molar-refractivity contribution in [1.82, 2.24) is 37.4 Å². The van der Waals surface area contributed by atoms with E-state index < -0.39 is 0 Å². The maximum absolute atomic E-state index is 5.67. The Kier molecular flexibility index (Phi) is 16.7. The number of aliphatic imine (C=N–C) groups is 2. The van der Waals surface area contributed by atoms with Crippen molar-refractivity contribution < 1.29 is 0 Å². The van der Waals surface area contributed by atoms with Crippen molar-refractivity contribution >= 4 is 176 Å². The van der Waals surface area contributed by atoms with Gasteiger partial charge in [0.25, 0.3) is 0 Å². The lowest BCUT2D eigenvalue weighted by molar-refractivity contribution is 0.798. The third-order valence-electron chi connectivity index (χ3n) is 26.6. The highest BCUT2D eigenvalue weighted by Gasteiger charge is 2.31. The number of anilines is 2. The van der Waals surface area contributed by atoms with Gasteiger partial charge in [-0.1, -0.05) is 200 Å². The molecule has 0 radical (unpaired) electrons. The van der Waals surface area contributed by atoms with Gasteiger partial charge in [0.2, 0.25) is 0 Å². The molecule has 0 fully saturated rings. The van der Waals surface area contributed by atoms with E-state index in [2.05, 4.69) is 391 Å². The van der Waals surface area contributed by atoms with E-state index in [1.165, 1.54) is 148 Å². The first-order valence-electron chi connectivity index (χ1n) is 43.7. The Morgan fingerprint density at radius 3 is 0.927 bits per heavy atom. The third-order valence-corrected chi connectivity index (χ3v) is 26.6. The standard InChI is InChI=1S/C112H84N12/c1-70-94(37-22-25-73-51-57-78(58-52-73)121-103-46-19-10-36-90(103)93-67-81(61-64-106(93)121)124-99-42-15-6-32-86(99)87-33-7-16-43-100(87)124)118-111-108-109(116-74(68-114-108)26-20-23-71-47-53-76(54-48-71)119-101-44-17-8-34-88(101)91-65-79(59-62-104(91)119)122-95-38-11-2-28-82(95)83-29-3-12-39-96(83)122)107-110(112(111)115-70)117-75(69-113-107)27-21-24-72-49-55-77(56-50-72)120-102-45-18-9-35-89(102)92-66-80(60-63-105(92)120)123-97-40-13-4-30-84(97)85-31-5-14-41-98(85)123/h2-19,28-36,38-67,69-70,114-115H,20-27,37,68H2,1H3. The van der Waals surface area contributed by atoms with E-state index in [1.807, 2.05) is 6.20 Å². The Bertz CT molecular complexity index is 8230. The third kappa shape index (κ3) is 11.6. The first-order chi connectivity index (χ1) is 61.4. The molecule has 0 saturated carbocycles. The molecule has 23 aromatic rings. The number of nitrogens with one attached hydrogen (secondary N) is 2. The van der Waals surface area contributed by atoms with E-state index in [0.29, 0.717) is 6.54 Å². The second kappa shape index (κ2) is 28.9. The van der Waals surface area contributed by atoms with Crippen LogP contribution in [0, 0.1) is 0 Å². The Labute approximate surface area is 715 Å². The van der Waals surface area contributed by atoms with Gasteiger partial charge in [0, 0.05) is 116 Å². The summed E-state index contributed by atoms with van der Waals surface area (Å²) < 4.78 is 14.5. The van der Waals surface area contributed by atoms with Crippen LogP contribution in [0.3, 0.4) is 0 Å². The van der Waals surface area contributed by atoms with Crippen molar-refractivity contribution in [3.8, 4) is 34.1 Å². The molecule has 592 valence electrons. The van der Waals surface area contributed by atoms with Crippen LogP contribution in [0.1, 0.15) is 61.4 Å². The van der Waals surface area contributed by atoms with Crippen LogP contribution in [0.2, 0.25) is 0 Å². The molecule has 7 aromatic heterocycles. The van der Waals surface area contributed by atoms with Crippen molar-refractivity contribution in [2.24, 2.45) is 9.98 Å². The molecule has 2 aliphatic rings. The topological polar surface area (TPSA) is 104 Å². The van der Waals surface area contributed by atoms with Crippen LogP contribution in [0.4, 0.5) is 22.7 Å². The van der Waals surface area contributed by atoms with E-state index in [0.717, 1.165) is 143 Å². The van der Waals surface area contributed by atoms with Crippen LogP contribution in [-0.2, 0) is 25.7 Å². The first-order valence-corrected chi connectivity index (χ1v) is 43.7. The van der Waals surface area contributed by atoms with Crippen LogP contribution in [0.25, 0.3) is 176 Å². The SMILES string of the molecule is CC1Nc2c(c3c(c4ncc(CCCc5ccc(-n6c7ccccc7c7cc(-n8c9ccccc9c9ccccc98)ccc76)cc5)nc24)N=C(CCCc2ccc(-n4c5ccccc5c5cc(-n6c7ccccc7c7ccccc76)ccc54)cc2)CN3)N=C1CCCc1ccc(-n2c3ccccc3c3cc(-n4c5ccccc5c5ccccc54)ccc32)cc1. The largest absolute Gasteiger partial charge is 0.376 e. The lowest BCUT2D eigenvalue weighted by Gasteiger charge is -2.29. The van der Waals surface area contributed by atoms with Gasteiger partial charge in [0.15, 0.2) is 0 Å². The number of benzene rings is 16. The van der Waals surface area contributed by atoms with Crippen LogP contribution >= 0.6 is 0 Å². The lowest BCUT2D eigenvalue weighted by Crippen LogP contribution is -2.30. The van der Waals surface area contributed by atoms with Crippen molar-refractivity contribution in [1.29, 1.82) is 0 Å². The van der Waals surface area contributed by atoms with E-state index >= 15 is 0 Å². The minimum atomic E-state index is -0.0216. The molecule has 0 spiro atoms. The van der Waals surface area contributed by atoms with Gasteiger partial charge < -0.3 is 38.0 Å². The van der Waals surface area contributed by atoms with Gasteiger partial charge in [0.05, 0.1) is 95.9 Å². The monoisotopic (exact) mass is 1600 g/mol. The van der Waals surface area contributed by atoms with Crippen molar-refractivity contribution in [3.05, 3.63) is 374 Å². The molecule has 9 heterocycles. The normalized spacial score (nSPS) is 13.6. The van der Waals surface area contributed by atoms with Gasteiger partial charge in [-0.3, -0.25) is 15.0 Å². The molecule has 2 aliphatic heterocycles. The second-order valence-electron chi connectivity index (χ2n) is 33.8. The summed E-state index contributed by atoms with van der Waals surface area (Å²) in [5.74, 6) is 0. The van der Waals surface area contributed by atoms with Gasteiger partial charge in [-0.15, -0.1) is 0 Å². The Morgan fingerprint density at radius 1 is 0.274 bits per heavy atom. The Morgan fingerprint density at radius 2 is 0.573 bits per heavy atom. The summed E-state index contributed by atoms with van der Waals surface area (Å²) in [4.78, 5) is 22.1. The molecule has 0 amide bonds. The second-order valence-corrected chi connectivity index (χ2v) is 33.8. The number of rotatable bonds is 18. The summed E-state index contributed by atoms with van der Waals surface area (Å²) in [6.07, 6.45) is 9.96. The zero-order chi connectivity index (χ0) is 81.6. The number of aromatic nitrogens is 8. The minimum absolute atomic E-state index is 0.0216. The van der Waals surface area contributed by atoms with Crippen LogP contribution in [-0.4, -0.2) is 61.4 Å². The summed E-state index contributed by atoms with van der Waals surface area (Å²) in [5, 5.41) is 22.9. The highest BCUT2D eigenvalue weighted by Crippen LogP contribution is 2.51. The first kappa shape index (κ1) is 71.5.